The summed E-state index contributed by atoms with van der Waals surface area (Å²) < 4.78 is 5.15. The summed E-state index contributed by atoms with van der Waals surface area (Å²) >= 11 is 6.75. The van der Waals surface area contributed by atoms with E-state index in [1.54, 1.807) is 0 Å². The van der Waals surface area contributed by atoms with Crippen LogP contribution < -0.4 is 0 Å². The monoisotopic (exact) mass is 289 g/mol. The van der Waals surface area contributed by atoms with E-state index in [-0.39, 0.29) is 3.74 Å². The quantitative estimate of drug-likeness (QED) is 0.750. The first kappa shape index (κ1) is 8.26. The Hall–Kier alpha value is -0.350. The van der Waals surface area contributed by atoms with Crippen molar-refractivity contribution in [3.63, 3.8) is 0 Å². The van der Waals surface area contributed by atoms with Gasteiger partial charge in [0.05, 0.1) is 0 Å². The molecule has 2 rings (SSSR count). The van der Waals surface area contributed by atoms with Gasteiger partial charge in [0.25, 0.3) is 0 Å². The van der Waals surface area contributed by atoms with Crippen LogP contribution >= 0.6 is 31.9 Å². The summed E-state index contributed by atoms with van der Waals surface area (Å²) in [6.07, 6.45) is 0. The molecule has 12 heavy (non-hydrogen) atoms. The molecule has 0 atom stereocenters. The van der Waals surface area contributed by atoms with Gasteiger partial charge in [-0.25, -0.2) is 0 Å². The van der Waals surface area contributed by atoms with Gasteiger partial charge < -0.3 is 4.52 Å². The minimum absolute atomic E-state index is 0.0497. The van der Waals surface area contributed by atoms with Crippen LogP contribution in [-0.4, -0.2) is 5.16 Å². The van der Waals surface area contributed by atoms with Crippen LogP contribution in [0.5, 0.6) is 0 Å². The molecule has 0 aliphatic rings. The largest absolute Gasteiger partial charge is 0.356 e. The third-order valence-corrected chi connectivity index (χ3v) is 2.48. The lowest BCUT2D eigenvalue weighted by Gasteiger charge is -1.93. The third-order valence-electron chi connectivity index (χ3n) is 1.61. The summed E-state index contributed by atoms with van der Waals surface area (Å²) in [5.74, 6) is 0. The van der Waals surface area contributed by atoms with Gasteiger partial charge >= 0.3 is 0 Å². The standard InChI is InChI=1S/C8H5Br2NO/c9-8(10)7-5-3-1-2-4-6(5)12-11-7/h1-4,8H. The van der Waals surface area contributed by atoms with Gasteiger partial charge in [0.15, 0.2) is 5.58 Å². The van der Waals surface area contributed by atoms with Gasteiger partial charge in [-0.05, 0) is 12.1 Å². The van der Waals surface area contributed by atoms with Crippen molar-refractivity contribution in [3.05, 3.63) is 30.0 Å². The number of rotatable bonds is 1. The number of hydrogen-bond donors (Lipinski definition) is 0. The highest BCUT2D eigenvalue weighted by Gasteiger charge is 2.12. The maximum atomic E-state index is 5.10. The minimum atomic E-state index is 0.0497. The van der Waals surface area contributed by atoms with Gasteiger partial charge in [-0.2, -0.15) is 0 Å². The van der Waals surface area contributed by atoms with Crippen molar-refractivity contribution in [2.75, 3.05) is 0 Å². The molecule has 0 saturated carbocycles. The van der Waals surface area contributed by atoms with E-state index in [2.05, 4.69) is 37.0 Å². The van der Waals surface area contributed by atoms with Gasteiger partial charge in [0, 0.05) is 5.39 Å². The molecular formula is C8H5Br2NO. The molecule has 0 radical (unpaired) electrons. The second-order valence-electron chi connectivity index (χ2n) is 2.36. The maximum absolute atomic E-state index is 5.10. The van der Waals surface area contributed by atoms with E-state index in [1.165, 1.54) is 0 Å². The van der Waals surface area contributed by atoms with Crippen LogP contribution in [0.15, 0.2) is 28.8 Å². The molecule has 0 spiro atoms. The molecular weight excluding hydrogens is 286 g/mol. The van der Waals surface area contributed by atoms with Gasteiger partial charge in [-0.15, -0.1) is 0 Å². The molecule has 0 amide bonds. The lowest BCUT2D eigenvalue weighted by Crippen LogP contribution is -1.78. The van der Waals surface area contributed by atoms with Crippen LogP contribution in [0.25, 0.3) is 11.0 Å². The van der Waals surface area contributed by atoms with Gasteiger partial charge in [0.1, 0.15) is 9.43 Å². The first-order valence-electron chi connectivity index (χ1n) is 3.41. The Morgan fingerprint density at radius 2 is 2.00 bits per heavy atom. The topological polar surface area (TPSA) is 26.0 Å². The number of fused-ring (bicyclic) bond motifs is 1. The van der Waals surface area contributed by atoms with E-state index in [0.29, 0.717) is 0 Å². The molecule has 1 aromatic heterocycles. The fourth-order valence-electron chi connectivity index (χ4n) is 1.06. The van der Waals surface area contributed by atoms with Gasteiger partial charge in [0.2, 0.25) is 0 Å². The first-order chi connectivity index (χ1) is 5.79. The Labute approximate surface area is 86.2 Å². The highest BCUT2D eigenvalue weighted by Crippen LogP contribution is 2.33. The predicted molar refractivity (Wildman–Crippen MR) is 54.6 cm³/mol. The van der Waals surface area contributed by atoms with Crippen molar-refractivity contribution in [2.45, 2.75) is 3.74 Å². The molecule has 2 aromatic rings. The summed E-state index contributed by atoms with van der Waals surface area (Å²) in [5, 5.41) is 4.96. The smallest absolute Gasteiger partial charge is 0.167 e. The highest BCUT2D eigenvalue weighted by atomic mass is 79.9. The molecule has 0 aliphatic carbocycles. The summed E-state index contributed by atoms with van der Waals surface area (Å²) in [5.41, 5.74) is 1.70. The van der Waals surface area contributed by atoms with E-state index >= 15 is 0 Å². The minimum Gasteiger partial charge on any atom is -0.356 e. The lowest BCUT2D eigenvalue weighted by molar-refractivity contribution is 0.449. The molecule has 4 heteroatoms. The van der Waals surface area contributed by atoms with E-state index in [1.807, 2.05) is 24.3 Å². The SMILES string of the molecule is BrC(Br)c1noc2ccccc12. The Morgan fingerprint density at radius 3 is 2.75 bits per heavy atom. The number of halogens is 2. The van der Waals surface area contributed by atoms with Gasteiger partial charge in [-0.1, -0.05) is 49.1 Å². The summed E-state index contributed by atoms with van der Waals surface area (Å²) in [6.45, 7) is 0. The molecule has 1 heterocycles. The average molecular weight is 291 g/mol. The summed E-state index contributed by atoms with van der Waals surface area (Å²) in [7, 11) is 0. The van der Waals surface area contributed by atoms with E-state index in [9.17, 15) is 0 Å². The highest BCUT2D eigenvalue weighted by molar-refractivity contribution is 9.24. The first-order valence-corrected chi connectivity index (χ1v) is 5.24. The van der Waals surface area contributed by atoms with Crippen LogP contribution in [0.4, 0.5) is 0 Å². The molecule has 0 aliphatic heterocycles. The van der Waals surface area contributed by atoms with Crippen LogP contribution in [0, 0.1) is 0 Å². The van der Waals surface area contributed by atoms with E-state index in [0.717, 1.165) is 16.7 Å². The zero-order valence-electron chi connectivity index (χ0n) is 6.00. The van der Waals surface area contributed by atoms with E-state index < -0.39 is 0 Å². The second-order valence-corrected chi connectivity index (χ2v) is 5.42. The van der Waals surface area contributed by atoms with Crippen LogP contribution in [-0.2, 0) is 0 Å². The second kappa shape index (κ2) is 3.18. The molecule has 0 fully saturated rings. The van der Waals surface area contributed by atoms with Crippen molar-refractivity contribution in [2.24, 2.45) is 0 Å². The average Bonchev–Trinajstić information content (AvgIpc) is 2.47. The number of alkyl halides is 2. The fraction of sp³-hybridized carbons (Fsp3) is 0.125. The van der Waals surface area contributed by atoms with Crippen LogP contribution in [0.3, 0.4) is 0 Å². The lowest BCUT2D eigenvalue weighted by atomic mass is 10.2. The molecule has 0 unspecified atom stereocenters. The maximum Gasteiger partial charge on any atom is 0.167 e. The number of benzene rings is 1. The molecule has 2 nitrogen and oxygen atoms in total. The van der Waals surface area contributed by atoms with Crippen molar-refractivity contribution < 1.29 is 4.52 Å². The molecule has 1 aromatic carbocycles. The Morgan fingerprint density at radius 1 is 1.25 bits per heavy atom. The van der Waals surface area contributed by atoms with E-state index in [4.69, 9.17) is 4.52 Å². The van der Waals surface area contributed by atoms with Gasteiger partial charge in [-0.3, -0.25) is 0 Å². The fourth-order valence-corrected chi connectivity index (χ4v) is 1.72. The summed E-state index contributed by atoms with van der Waals surface area (Å²) in [4.78, 5) is 0. The Kier molecular flexibility index (Phi) is 2.19. The van der Waals surface area contributed by atoms with Crippen molar-refractivity contribution >= 4 is 42.8 Å². The zero-order valence-corrected chi connectivity index (χ0v) is 9.17. The predicted octanol–water partition coefficient (Wildman–Crippen LogP) is 3.62. The zero-order chi connectivity index (χ0) is 8.55. The van der Waals surface area contributed by atoms with Crippen LogP contribution in [0.2, 0.25) is 0 Å². The third kappa shape index (κ3) is 1.29. The van der Waals surface area contributed by atoms with Crippen molar-refractivity contribution in [3.8, 4) is 0 Å². The Bertz CT molecular complexity index is 397. The normalized spacial score (nSPS) is 11.2. The molecule has 0 bridgehead atoms. The summed E-state index contributed by atoms with van der Waals surface area (Å²) in [6, 6.07) is 7.77. The number of nitrogens with zero attached hydrogens (tertiary/aromatic N) is 1. The molecule has 0 N–H and O–H groups in total. The number of hydrogen-bond acceptors (Lipinski definition) is 2. The van der Waals surface area contributed by atoms with Crippen LogP contribution in [0.1, 0.15) is 9.43 Å². The Balaban J connectivity index is 2.70. The van der Waals surface area contributed by atoms with Crippen molar-refractivity contribution in [1.29, 1.82) is 0 Å². The number of para-hydroxylation sites is 1. The van der Waals surface area contributed by atoms with Crippen molar-refractivity contribution in [1.82, 2.24) is 5.16 Å². The number of aromatic nitrogens is 1. The molecule has 0 saturated heterocycles. The molecule has 62 valence electrons.